The third-order valence-corrected chi connectivity index (χ3v) is 2.55. The molecule has 0 aliphatic rings. The van der Waals surface area contributed by atoms with Crippen LogP contribution in [0.4, 0.5) is 4.79 Å². The molecule has 0 N–H and O–H groups in total. The number of hydrogen-bond donors (Lipinski definition) is 0. The van der Waals surface area contributed by atoms with E-state index in [0.29, 0.717) is 13.2 Å². The molecule has 0 fully saturated rings. The molecule has 5 heteroatoms. The molecule has 5 nitrogen and oxygen atoms in total. The van der Waals surface area contributed by atoms with Crippen LogP contribution >= 0.6 is 0 Å². The van der Waals surface area contributed by atoms with Gasteiger partial charge < -0.3 is 18.9 Å². The Bertz CT molecular complexity index is 247. The molecule has 0 aromatic rings. The lowest BCUT2D eigenvalue weighted by molar-refractivity contribution is -0.231. The fourth-order valence-corrected chi connectivity index (χ4v) is 1.41. The Morgan fingerprint density at radius 2 is 1.15 bits per heavy atom. The molecule has 0 radical (unpaired) electrons. The molecule has 0 saturated carbocycles. The molecule has 20 heavy (non-hydrogen) atoms. The van der Waals surface area contributed by atoms with Crippen LogP contribution < -0.4 is 0 Å². The highest BCUT2D eigenvalue weighted by atomic mass is 16.8. The van der Waals surface area contributed by atoms with E-state index in [0.717, 1.165) is 25.7 Å². The average Bonchev–Trinajstić information content (AvgIpc) is 2.27. The summed E-state index contributed by atoms with van der Waals surface area (Å²) in [6.45, 7) is 12.0. The van der Waals surface area contributed by atoms with Crippen molar-refractivity contribution in [2.75, 3.05) is 13.2 Å². The fourth-order valence-electron chi connectivity index (χ4n) is 1.41. The highest BCUT2D eigenvalue weighted by Gasteiger charge is 2.30. The van der Waals surface area contributed by atoms with E-state index < -0.39 is 17.7 Å². The Kier molecular flexibility index (Phi) is 8.81. The van der Waals surface area contributed by atoms with E-state index in [4.69, 9.17) is 18.9 Å². The Labute approximate surface area is 122 Å². The normalized spacial score (nSPS) is 12.3. The van der Waals surface area contributed by atoms with E-state index in [1.165, 1.54) is 0 Å². The van der Waals surface area contributed by atoms with Crippen LogP contribution in [0.1, 0.15) is 67.2 Å². The molecule has 0 amide bonds. The summed E-state index contributed by atoms with van der Waals surface area (Å²) >= 11 is 0. The van der Waals surface area contributed by atoms with Gasteiger partial charge in [-0.2, -0.15) is 0 Å². The standard InChI is InChI=1S/C15H30O5/c1-7-9-11-17-14(3,4)19-13(16)20-15(5,6)18-12-10-8-2/h7-12H2,1-6H3. The second kappa shape index (κ2) is 9.19. The first-order valence-corrected chi connectivity index (χ1v) is 7.42. The summed E-state index contributed by atoms with van der Waals surface area (Å²) in [5.41, 5.74) is 0. The summed E-state index contributed by atoms with van der Waals surface area (Å²) in [7, 11) is 0. The van der Waals surface area contributed by atoms with E-state index in [1.54, 1.807) is 27.7 Å². The van der Waals surface area contributed by atoms with Crippen molar-refractivity contribution < 1.29 is 23.7 Å². The van der Waals surface area contributed by atoms with Crippen LogP contribution in [0.2, 0.25) is 0 Å². The number of unbranched alkanes of at least 4 members (excludes halogenated alkanes) is 2. The summed E-state index contributed by atoms with van der Waals surface area (Å²) in [6, 6.07) is 0. The molecular weight excluding hydrogens is 260 g/mol. The lowest BCUT2D eigenvalue weighted by Crippen LogP contribution is -2.37. The van der Waals surface area contributed by atoms with Gasteiger partial charge in [-0.1, -0.05) is 26.7 Å². The molecule has 0 aromatic heterocycles. The topological polar surface area (TPSA) is 54.0 Å². The van der Waals surface area contributed by atoms with Crippen LogP contribution in [-0.4, -0.2) is 30.9 Å². The molecule has 0 spiro atoms. The van der Waals surface area contributed by atoms with Gasteiger partial charge in [-0.15, -0.1) is 0 Å². The lowest BCUT2D eigenvalue weighted by atomic mass is 10.3. The van der Waals surface area contributed by atoms with Crippen molar-refractivity contribution in [3.63, 3.8) is 0 Å². The molecule has 0 bridgehead atoms. The summed E-state index contributed by atoms with van der Waals surface area (Å²) in [5, 5.41) is 0. The summed E-state index contributed by atoms with van der Waals surface area (Å²) < 4.78 is 21.3. The molecule has 0 unspecified atom stereocenters. The summed E-state index contributed by atoms with van der Waals surface area (Å²) in [4.78, 5) is 11.7. The molecular formula is C15H30O5. The third kappa shape index (κ3) is 10.0. The zero-order valence-electron chi connectivity index (χ0n) is 13.8. The van der Waals surface area contributed by atoms with Crippen LogP contribution in [-0.2, 0) is 18.9 Å². The van der Waals surface area contributed by atoms with Crippen molar-refractivity contribution in [3.05, 3.63) is 0 Å². The molecule has 0 saturated heterocycles. The Balaban J connectivity index is 4.12. The van der Waals surface area contributed by atoms with Crippen LogP contribution in [0.3, 0.4) is 0 Å². The highest BCUT2D eigenvalue weighted by molar-refractivity contribution is 5.60. The fraction of sp³-hybridized carbons (Fsp3) is 0.933. The maximum atomic E-state index is 11.7. The predicted octanol–water partition coefficient (Wildman–Crippen LogP) is 4.25. The van der Waals surface area contributed by atoms with Gasteiger partial charge in [0.25, 0.3) is 0 Å². The molecule has 0 rings (SSSR count). The van der Waals surface area contributed by atoms with Gasteiger partial charge in [-0.05, 0) is 12.8 Å². The largest absolute Gasteiger partial charge is 0.513 e. The van der Waals surface area contributed by atoms with Gasteiger partial charge in [0.15, 0.2) is 0 Å². The molecule has 0 aliphatic carbocycles. The van der Waals surface area contributed by atoms with Crippen molar-refractivity contribution >= 4 is 6.16 Å². The minimum Gasteiger partial charge on any atom is -0.402 e. The molecule has 0 atom stereocenters. The molecule has 120 valence electrons. The van der Waals surface area contributed by atoms with Gasteiger partial charge in [-0.3, -0.25) is 0 Å². The van der Waals surface area contributed by atoms with Crippen molar-refractivity contribution in [1.82, 2.24) is 0 Å². The van der Waals surface area contributed by atoms with Crippen LogP contribution in [0, 0.1) is 0 Å². The monoisotopic (exact) mass is 290 g/mol. The van der Waals surface area contributed by atoms with Crippen molar-refractivity contribution in [2.45, 2.75) is 78.8 Å². The number of ether oxygens (including phenoxy) is 4. The predicted molar refractivity (Wildman–Crippen MR) is 77.4 cm³/mol. The lowest BCUT2D eigenvalue weighted by Gasteiger charge is -2.29. The second-order valence-corrected chi connectivity index (χ2v) is 5.66. The van der Waals surface area contributed by atoms with E-state index in [2.05, 4.69) is 13.8 Å². The van der Waals surface area contributed by atoms with Crippen molar-refractivity contribution in [1.29, 1.82) is 0 Å². The average molecular weight is 290 g/mol. The minimum absolute atomic E-state index is 0.549. The Morgan fingerprint density at radius 3 is 1.45 bits per heavy atom. The first kappa shape index (κ1) is 19.2. The first-order valence-electron chi connectivity index (χ1n) is 7.42. The van der Waals surface area contributed by atoms with Crippen LogP contribution in [0.15, 0.2) is 0 Å². The smallest absolute Gasteiger partial charge is 0.402 e. The van der Waals surface area contributed by atoms with Crippen LogP contribution in [0.25, 0.3) is 0 Å². The van der Waals surface area contributed by atoms with E-state index >= 15 is 0 Å². The van der Waals surface area contributed by atoms with E-state index in [1.807, 2.05) is 0 Å². The highest BCUT2D eigenvalue weighted by Crippen LogP contribution is 2.18. The second-order valence-electron chi connectivity index (χ2n) is 5.66. The number of rotatable bonds is 10. The SMILES string of the molecule is CCCCOC(C)(C)OC(=O)OC(C)(C)OCCCC. The maximum Gasteiger partial charge on any atom is 0.513 e. The zero-order chi connectivity index (χ0) is 15.6. The number of carbonyl (C=O) groups is 1. The Hall–Kier alpha value is -0.810. The van der Waals surface area contributed by atoms with Gasteiger partial charge in [0, 0.05) is 27.7 Å². The van der Waals surface area contributed by atoms with Gasteiger partial charge in [0.05, 0.1) is 13.2 Å². The van der Waals surface area contributed by atoms with Crippen LogP contribution in [0.5, 0.6) is 0 Å². The maximum absolute atomic E-state index is 11.7. The summed E-state index contributed by atoms with van der Waals surface area (Å²) in [6.07, 6.45) is 3.12. The molecule has 0 heterocycles. The van der Waals surface area contributed by atoms with E-state index in [9.17, 15) is 4.79 Å². The molecule has 0 aliphatic heterocycles. The minimum atomic E-state index is -0.994. The van der Waals surface area contributed by atoms with Crippen molar-refractivity contribution in [3.8, 4) is 0 Å². The van der Waals surface area contributed by atoms with Gasteiger partial charge in [0.1, 0.15) is 0 Å². The van der Waals surface area contributed by atoms with Crippen molar-refractivity contribution in [2.24, 2.45) is 0 Å². The molecule has 0 aromatic carbocycles. The third-order valence-electron chi connectivity index (χ3n) is 2.55. The van der Waals surface area contributed by atoms with E-state index in [-0.39, 0.29) is 0 Å². The number of hydrogen-bond acceptors (Lipinski definition) is 5. The van der Waals surface area contributed by atoms with Gasteiger partial charge in [-0.25, -0.2) is 4.79 Å². The Morgan fingerprint density at radius 1 is 0.800 bits per heavy atom. The first-order chi connectivity index (χ1) is 9.22. The van der Waals surface area contributed by atoms with Gasteiger partial charge in [0.2, 0.25) is 11.6 Å². The quantitative estimate of drug-likeness (QED) is 0.342. The number of carbonyl (C=O) groups excluding carboxylic acids is 1. The zero-order valence-corrected chi connectivity index (χ0v) is 13.8. The summed E-state index contributed by atoms with van der Waals surface area (Å²) in [5.74, 6) is -1.99. The van der Waals surface area contributed by atoms with Gasteiger partial charge >= 0.3 is 6.16 Å².